The third-order valence-electron chi connectivity index (χ3n) is 8.88. The lowest BCUT2D eigenvalue weighted by molar-refractivity contribution is -0.122. The van der Waals surface area contributed by atoms with Gasteiger partial charge in [-0.25, -0.2) is 4.98 Å². The Labute approximate surface area is 305 Å². The minimum atomic E-state index is -1.27. The molecule has 1 amide bonds. The number of nitrogens with zero attached hydrogens (tertiary/aromatic N) is 3. The van der Waals surface area contributed by atoms with Crippen molar-refractivity contribution < 1.29 is 19.1 Å². The number of hydrogen-bond donors (Lipinski definition) is 1. The number of ether oxygens (including phenoxy) is 2. The quantitative estimate of drug-likeness (QED) is 0.0503. The highest BCUT2D eigenvalue weighted by Gasteiger charge is 2.22. The predicted octanol–water partition coefficient (Wildman–Crippen LogP) is 8.88. The van der Waals surface area contributed by atoms with E-state index < -0.39 is 8.07 Å². The van der Waals surface area contributed by atoms with Crippen molar-refractivity contribution in [3.05, 3.63) is 52.8 Å². The lowest BCUT2D eigenvalue weighted by Crippen LogP contribution is -2.30. The van der Waals surface area contributed by atoms with Gasteiger partial charge in [-0.3, -0.25) is 14.4 Å². The van der Waals surface area contributed by atoms with Gasteiger partial charge in [-0.1, -0.05) is 52.4 Å². The number of nitrogens with one attached hydrogen (secondary N) is 1. The first kappa shape index (κ1) is 41.6. The predicted molar refractivity (Wildman–Crippen MR) is 208 cm³/mol. The van der Waals surface area contributed by atoms with E-state index in [-0.39, 0.29) is 23.3 Å². The van der Waals surface area contributed by atoms with E-state index in [1.54, 1.807) is 4.57 Å². The minimum Gasteiger partial charge on any atom is -0.381 e. The average molecular weight is 729 g/mol. The zero-order valence-electron chi connectivity index (χ0n) is 31.2. The lowest BCUT2D eigenvalue weighted by atomic mass is 10.0. The van der Waals surface area contributed by atoms with Crippen molar-refractivity contribution in [1.29, 1.82) is 0 Å². The van der Waals surface area contributed by atoms with Gasteiger partial charge in [-0.2, -0.15) is 0 Å². The standard InChI is InChI=1S/C39H61ClN4O5Si/c1-6-15-37(46)41-35(17-10-8-9-16-33(45)7-2)38-42-36(29-44(38)30-49-26-27-50(3,4)5)32-18-19-34-31(28-32)20-23-43(39(34)47)22-12-14-25-48-24-13-11-21-40/h18-20,23,28-29,35H,6-17,21-22,24-27,30H2,1-5H3,(H,41,46)/t35-/m0/s1. The van der Waals surface area contributed by atoms with Gasteiger partial charge >= 0.3 is 0 Å². The fourth-order valence-corrected chi connectivity index (χ4v) is 6.73. The Morgan fingerprint density at radius 3 is 2.42 bits per heavy atom. The summed E-state index contributed by atoms with van der Waals surface area (Å²) in [6.45, 7) is 14.0. The first-order chi connectivity index (χ1) is 24.1. The number of carbonyl (C=O) groups excluding carboxylic acids is 2. The molecule has 1 atom stereocenters. The van der Waals surface area contributed by atoms with E-state index in [1.807, 2.05) is 55.1 Å². The number of halogens is 1. The number of rotatable bonds is 26. The van der Waals surface area contributed by atoms with Crippen molar-refractivity contribution in [3.8, 4) is 11.3 Å². The molecule has 3 aromatic rings. The van der Waals surface area contributed by atoms with Crippen LogP contribution in [0.3, 0.4) is 0 Å². The van der Waals surface area contributed by atoms with Gasteiger partial charge in [0.05, 0.1) is 11.7 Å². The first-order valence-electron chi connectivity index (χ1n) is 18.8. The number of hydrogen-bond acceptors (Lipinski definition) is 6. The van der Waals surface area contributed by atoms with Gasteiger partial charge in [-0.15, -0.1) is 11.6 Å². The molecule has 9 nitrogen and oxygen atoms in total. The molecule has 0 bridgehead atoms. The third kappa shape index (κ3) is 14.4. The van der Waals surface area contributed by atoms with Gasteiger partial charge < -0.3 is 23.9 Å². The molecule has 1 aromatic carbocycles. The van der Waals surface area contributed by atoms with Gasteiger partial charge in [0, 0.05) is 82.9 Å². The number of benzene rings is 1. The van der Waals surface area contributed by atoms with Crippen molar-refractivity contribution >= 4 is 42.1 Å². The number of imidazole rings is 1. The highest BCUT2D eigenvalue weighted by atomic mass is 35.5. The molecule has 0 unspecified atom stereocenters. The summed E-state index contributed by atoms with van der Waals surface area (Å²) in [6.07, 6.45) is 13.3. The van der Waals surface area contributed by atoms with Crippen LogP contribution in [0.25, 0.3) is 22.0 Å². The SMILES string of the molecule is CCCC(=O)N[C@@H](CCCCCC(=O)CC)c1nc(-c2ccc3c(=O)n(CCCCOCCCCCl)ccc3c2)cn1COCC[Si](C)(C)C. The van der Waals surface area contributed by atoms with Crippen LogP contribution in [0, 0.1) is 0 Å². The fourth-order valence-electron chi connectivity index (χ4n) is 5.79. The molecule has 0 radical (unpaired) electrons. The molecule has 50 heavy (non-hydrogen) atoms. The summed E-state index contributed by atoms with van der Waals surface area (Å²) in [5, 5.41) is 4.79. The number of aromatic nitrogens is 3. The van der Waals surface area contributed by atoms with Crippen LogP contribution in [-0.4, -0.2) is 59.6 Å². The maximum absolute atomic E-state index is 13.4. The van der Waals surface area contributed by atoms with Gasteiger partial charge in [0.2, 0.25) is 5.91 Å². The van der Waals surface area contributed by atoms with Gasteiger partial charge in [0.15, 0.2) is 0 Å². The molecule has 1 N–H and O–H groups in total. The second-order valence-electron chi connectivity index (χ2n) is 14.5. The molecule has 0 fully saturated rings. The molecule has 278 valence electrons. The van der Waals surface area contributed by atoms with E-state index in [4.69, 9.17) is 26.1 Å². The monoisotopic (exact) mass is 728 g/mol. The number of Topliss-reactive ketones (excluding diaryl/α,β-unsaturated/α-hetero) is 1. The molecular formula is C39H61ClN4O5Si. The zero-order chi connectivity index (χ0) is 36.4. The van der Waals surface area contributed by atoms with E-state index in [2.05, 4.69) is 25.0 Å². The van der Waals surface area contributed by atoms with Gasteiger partial charge in [0.25, 0.3) is 5.56 Å². The molecule has 0 aliphatic heterocycles. The van der Waals surface area contributed by atoms with E-state index in [1.165, 1.54) is 0 Å². The van der Waals surface area contributed by atoms with Crippen molar-refractivity contribution in [3.63, 3.8) is 0 Å². The van der Waals surface area contributed by atoms with Crippen LogP contribution in [0.4, 0.5) is 0 Å². The Morgan fingerprint density at radius 1 is 0.920 bits per heavy atom. The molecule has 0 saturated heterocycles. The largest absolute Gasteiger partial charge is 0.381 e. The molecule has 0 aliphatic carbocycles. The van der Waals surface area contributed by atoms with Crippen LogP contribution in [0.1, 0.15) is 103 Å². The molecule has 0 saturated carbocycles. The third-order valence-corrected chi connectivity index (χ3v) is 10.9. The second-order valence-corrected chi connectivity index (χ2v) is 20.5. The fraction of sp³-hybridized carbons (Fsp3) is 0.641. The summed E-state index contributed by atoms with van der Waals surface area (Å²) in [5.74, 6) is 1.72. The first-order valence-corrected chi connectivity index (χ1v) is 23.0. The number of fused-ring (bicyclic) bond motifs is 1. The van der Waals surface area contributed by atoms with E-state index >= 15 is 0 Å². The number of alkyl halides is 1. The van der Waals surface area contributed by atoms with E-state index in [0.717, 1.165) is 92.9 Å². The Morgan fingerprint density at radius 2 is 1.70 bits per heavy atom. The maximum atomic E-state index is 13.4. The highest BCUT2D eigenvalue weighted by Crippen LogP contribution is 2.28. The summed E-state index contributed by atoms with van der Waals surface area (Å²) in [5.41, 5.74) is 1.67. The van der Waals surface area contributed by atoms with E-state index in [0.29, 0.717) is 57.0 Å². The van der Waals surface area contributed by atoms with Gasteiger partial charge in [0.1, 0.15) is 18.3 Å². The van der Waals surface area contributed by atoms with E-state index in [9.17, 15) is 14.4 Å². The summed E-state index contributed by atoms with van der Waals surface area (Å²) >= 11 is 5.72. The lowest BCUT2D eigenvalue weighted by Gasteiger charge is -2.21. The summed E-state index contributed by atoms with van der Waals surface area (Å²) in [4.78, 5) is 43.2. The minimum absolute atomic E-state index is 0.00145. The molecule has 11 heteroatoms. The van der Waals surface area contributed by atoms with Crippen LogP contribution in [0.2, 0.25) is 25.7 Å². The van der Waals surface area contributed by atoms with Crippen molar-refractivity contribution in [2.24, 2.45) is 0 Å². The Hall–Kier alpha value is -2.79. The molecular weight excluding hydrogens is 668 g/mol. The number of carbonyl (C=O) groups is 2. The summed E-state index contributed by atoms with van der Waals surface area (Å²) in [7, 11) is -1.27. The average Bonchev–Trinajstić information content (AvgIpc) is 3.51. The Balaban J connectivity index is 1.82. The van der Waals surface area contributed by atoms with Crippen LogP contribution >= 0.6 is 11.6 Å². The molecule has 2 aromatic heterocycles. The number of unbranched alkanes of at least 4 members (excludes halogenated alkanes) is 4. The second kappa shape index (κ2) is 22.2. The van der Waals surface area contributed by atoms with Crippen LogP contribution in [-0.2, 0) is 32.3 Å². The van der Waals surface area contributed by atoms with Crippen LogP contribution < -0.4 is 10.9 Å². The number of ketones is 1. The van der Waals surface area contributed by atoms with Gasteiger partial charge in [-0.05, 0) is 74.6 Å². The van der Waals surface area contributed by atoms with Crippen molar-refractivity contribution in [1.82, 2.24) is 19.4 Å². The van der Waals surface area contributed by atoms with Crippen LogP contribution in [0.5, 0.6) is 0 Å². The molecule has 2 heterocycles. The highest BCUT2D eigenvalue weighted by molar-refractivity contribution is 6.76. The Kier molecular flexibility index (Phi) is 18.5. The number of amides is 1. The maximum Gasteiger partial charge on any atom is 0.258 e. The smallest absolute Gasteiger partial charge is 0.258 e. The topological polar surface area (TPSA) is 104 Å². The summed E-state index contributed by atoms with van der Waals surface area (Å²) < 4.78 is 15.7. The normalized spacial score (nSPS) is 12.4. The van der Waals surface area contributed by atoms with Crippen LogP contribution in [0.15, 0.2) is 41.5 Å². The molecule has 0 spiro atoms. The Bertz CT molecular complexity index is 1530. The number of pyridine rings is 1. The van der Waals surface area contributed by atoms with Crippen molar-refractivity contribution in [2.45, 2.75) is 136 Å². The summed E-state index contributed by atoms with van der Waals surface area (Å²) in [6, 6.07) is 8.65. The van der Waals surface area contributed by atoms with Crippen molar-refractivity contribution in [2.75, 3.05) is 25.7 Å². The molecule has 0 aliphatic rings. The zero-order valence-corrected chi connectivity index (χ0v) is 33.0. The number of aryl methyl sites for hydroxylation is 1. The molecule has 3 rings (SSSR count).